The van der Waals surface area contributed by atoms with Crippen LogP contribution in [0, 0.1) is 5.82 Å². The Morgan fingerprint density at radius 2 is 1.80 bits per heavy atom. The Morgan fingerprint density at radius 1 is 1.12 bits per heavy atom. The molecule has 0 aliphatic rings. The lowest BCUT2D eigenvalue weighted by Gasteiger charge is -2.16. The van der Waals surface area contributed by atoms with Gasteiger partial charge in [-0.05, 0) is 42.3 Å². The number of carbonyl (C=O) groups excluding carboxylic acids is 1. The van der Waals surface area contributed by atoms with Gasteiger partial charge in [-0.3, -0.25) is 4.79 Å². The molecule has 0 saturated heterocycles. The third-order valence-electron chi connectivity index (χ3n) is 3.70. The van der Waals surface area contributed by atoms with Crippen LogP contribution >= 0.6 is 11.8 Å². The predicted molar refractivity (Wildman–Crippen MR) is 98.7 cm³/mol. The Morgan fingerprint density at radius 3 is 2.44 bits per heavy atom. The van der Waals surface area contributed by atoms with Crippen molar-refractivity contribution in [3.63, 3.8) is 0 Å². The van der Waals surface area contributed by atoms with E-state index in [0.29, 0.717) is 23.0 Å². The average molecular weight is 363 g/mol. The molecule has 0 aliphatic carbocycles. The minimum Gasteiger partial charge on any atom is -0.493 e. The zero-order valence-corrected chi connectivity index (χ0v) is 15.4. The summed E-state index contributed by atoms with van der Waals surface area (Å²) in [5.41, 5.74) is 1.93. The molecule has 0 aromatic heterocycles. The van der Waals surface area contributed by atoms with Crippen LogP contribution in [0.2, 0.25) is 0 Å². The van der Waals surface area contributed by atoms with Gasteiger partial charge in [0.1, 0.15) is 5.82 Å². The van der Waals surface area contributed by atoms with Crippen molar-refractivity contribution in [3.8, 4) is 11.5 Å². The maximum atomic E-state index is 12.9. The lowest BCUT2D eigenvalue weighted by atomic mass is 10.1. The predicted octanol–water partition coefficient (Wildman–Crippen LogP) is 3.95. The van der Waals surface area contributed by atoms with Crippen LogP contribution in [0.4, 0.5) is 4.39 Å². The minimum atomic E-state index is -0.254. The van der Waals surface area contributed by atoms with Crippen LogP contribution in [0.1, 0.15) is 24.1 Å². The third-order valence-corrected chi connectivity index (χ3v) is 4.70. The van der Waals surface area contributed by atoms with Gasteiger partial charge in [0.25, 0.3) is 0 Å². The lowest BCUT2D eigenvalue weighted by Crippen LogP contribution is -2.28. The van der Waals surface area contributed by atoms with Crippen molar-refractivity contribution in [2.45, 2.75) is 18.7 Å². The van der Waals surface area contributed by atoms with Crippen molar-refractivity contribution < 1.29 is 18.7 Å². The molecule has 6 heteroatoms. The van der Waals surface area contributed by atoms with Gasteiger partial charge in [-0.15, -0.1) is 11.8 Å². The van der Waals surface area contributed by atoms with Gasteiger partial charge < -0.3 is 14.8 Å². The highest BCUT2D eigenvalue weighted by Crippen LogP contribution is 2.29. The van der Waals surface area contributed by atoms with Crippen LogP contribution in [0.5, 0.6) is 11.5 Å². The highest BCUT2D eigenvalue weighted by atomic mass is 32.2. The first-order chi connectivity index (χ1) is 12.0. The fourth-order valence-electron chi connectivity index (χ4n) is 2.33. The molecule has 0 heterocycles. The normalized spacial score (nSPS) is 11.7. The number of amides is 1. The summed E-state index contributed by atoms with van der Waals surface area (Å²) in [6, 6.07) is 11.7. The summed E-state index contributed by atoms with van der Waals surface area (Å²) in [6.07, 6.45) is 0. The smallest absolute Gasteiger partial charge is 0.230 e. The molecule has 2 rings (SSSR count). The number of hydrogen-bond donors (Lipinski definition) is 1. The van der Waals surface area contributed by atoms with Gasteiger partial charge in [0.15, 0.2) is 11.5 Å². The summed E-state index contributed by atoms with van der Waals surface area (Å²) < 4.78 is 23.4. The number of ether oxygens (including phenoxy) is 2. The zero-order valence-electron chi connectivity index (χ0n) is 14.5. The number of methoxy groups -OCH3 is 2. The SMILES string of the molecule is COc1ccc([C@H](C)NC(=O)CSCc2ccc(F)cc2)cc1OC. The Labute approximate surface area is 151 Å². The molecule has 0 spiro atoms. The monoisotopic (exact) mass is 363 g/mol. The molecular formula is C19H22FNO3S. The lowest BCUT2D eigenvalue weighted by molar-refractivity contribution is -0.119. The van der Waals surface area contributed by atoms with Gasteiger partial charge in [0.05, 0.1) is 26.0 Å². The van der Waals surface area contributed by atoms with E-state index in [0.717, 1.165) is 11.1 Å². The Balaban J connectivity index is 1.84. The number of halogens is 1. The first-order valence-corrected chi connectivity index (χ1v) is 9.02. The molecule has 1 atom stereocenters. The first kappa shape index (κ1) is 19.1. The Kier molecular flexibility index (Phi) is 7.13. The standard InChI is InChI=1S/C19H22FNO3S/c1-13(15-6-9-17(23-2)18(10-15)24-3)21-19(22)12-25-11-14-4-7-16(20)8-5-14/h4-10,13H,11-12H2,1-3H3,(H,21,22)/t13-/m0/s1. The summed E-state index contributed by atoms with van der Waals surface area (Å²) in [5, 5.41) is 2.96. The number of benzene rings is 2. The van der Waals surface area contributed by atoms with E-state index in [1.54, 1.807) is 26.4 Å². The molecule has 0 aliphatic heterocycles. The maximum Gasteiger partial charge on any atom is 0.230 e. The minimum absolute atomic E-state index is 0.0469. The Hall–Kier alpha value is -2.21. The summed E-state index contributed by atoms with van der Waals surface area (Å²) in [6.45, 7) is 1.92. The van der Waals surface area contributed by atoms with Gasteiger partial charge in [0.2, 0.25) is 5.91 Å². The average Bonchev–Trinajstić information content (AvgIpc) is 2.62. The summed E-state index contributed by atoms with van der Waals surface area (Å²) in [7, 11) is 3.16. The van der Waals surface area contributed by atoms with E-state index in [2.05, 4.69) is 5.32 Å². The molecule has 0 saturated carbocycles. The second kappa shape index (κ2) is 9.32. The van der Waals surface area contributed by atoms with E-state index >= 15 is 0 Å². The molecule has 0 fully saturated rings. The van der Waals surface area contributed by atoms with E-state index in [9.17, 15) is 9.18 Å². The van der Waals surface area contributed by atoms with Gasteiger partial charge >= 0.3 is 0 Å². The molecule has 0 bridgehead atoms. The van der Waals surface area contributed by atoms with Crippen LogP contribution in [0.15, 0.2) is 42.5 Å². The van der Waals surface area contributed by atoms with Gasteiger partial charge in [0, 0.05) is 5.75 Å². The molecule has 4 nitrogen and oxygen atoms in total. The van der Waals surface area contributed by atoms with Crippen LogP contribution in [0.3, 0.4) is 0 Å². The summed E-state index contributed by atoms with van der Waals surface area (Å²) in [5.74, 6) is 1.99. The van der Waals surface area contributed by atoms with E-state index in [1.165, 1.54) is 23.9 Å². The molecule has 2 aromatic carbocycles. The molecule has 25 heavy (non-hydrogen) atoms. The third kappa shape index (κ3) is 5.67. The molecule has 0 radical (unpaired) electrons. The number of carbonyl (C=O) groups is 1. The number of rotatable bonds is 8. The van der Waals surface area contributed by atoms with Crippen LogP contribution in [0.25, 0.3) is 0 Å². The number of hydrogen-bond acceptors (Lipinski definition) is 4. The van der Waals surface area contributed by atoms with E-state index in [1.807, 2.05) is 25.1 Å². The van der Waals surface area contributed by atoms with Crippen molar-refractivity contribution in [1.82, 2.24) is 5.32 Å². The van der Waals surface area contributed by atoms with Crippen LogP contribution in [-0.4, -0.2) is 25.9 Å². The van der Waals surface area contributed by atoms with Crippen molar-refractivity contribution in [2.75, 3.05) is 20.0 Å². The van der Waals surface area contributed by atoms with Gasteiger partial charge in [-0.25, -0.2) is 4.39 Å². The summed E-state index contributed by atoms with van der Waals surface area (Å²) >= 11 is 1.49. The fraction of sp³-hybridized carbons (Fsp3) is 0.316. The maximum absolute atomic E-state index is 12.9. The van der Waals surface area contributed by atoms with Crippen molar-refractivity contribution >= 4 is 17.7 Å². The number of thioether (sulfide) groups is 1. The van der Waals surface area contributed by atoms with E-state index in [-0.39, 0.29) is 17.8 Å². The fourth-order valence-corrected chi connectivity index (χ4v) is 3.13. The first-order valence-electron chi connectivity index (χ1n) is 7.87. The molecular weight excluding hydrogens is 341 g/mol. The van der Waals surface area contributed by atoms with Crippen LogP contribution in [-0.2, 0) is 10.5 Å². The highest BCUT2D eigenvalue weighted by Gasteiger charge is 2.12. The highest BCUT2D eigenvalue weighted by molar-refractivity contribution is 7.99. The molecule has 134 valence electrons. The van der Waals surface area contributed by atoms with Crippen LogP contribution < -0.4 is 14.8 Å². The molecule has 2 aromatic rings. The topological polar surface area (TPSA) is 47.6 Å². The molecule has 0 unspecified atom stereocenters. The number of nitrogens with one attached hydrogen (secondary N) is 1. The Bertz CT molecular complexity index is 706. The molecule has 1 amide bonds. The summed E-state index contributed by atoms with van der Waals surface area (Å²) in [4.78, 5) is 12.1. The van der Waals surface area contributed by atoms with Crippen molar-refractivity contribution in [1.29, 1.82) is 0 Å². The molecule has 1 N–H and O–H groups in total. The van der Waals surface area contributed by atoms with E-state index in [4.69, 9.17) is 9.47 Å². The largest absolute Gasteiger partial charge is 0.493 e. The quantitative estimate of drug-likeness (QED) is 0.771. The van der Waals surface area contributed by atoms with E-state index < -0.39 is 0 Å². The second-order valence-electron chi connectivity index (χ2n) is 5.52. The zero-order chi connectivity index (χ0) is 18.2. The van der Waals surface area contributed by atoms with Gasteiger partial charge in [-0.1, -0.05) is 18.2 Å². The van der Waals surface area contributed by atoms with Crippen molar-refractivity contribution in [3.05, 3.63) is 59.4 Å². The van der Waals surface area contributed by atoms with Crippen molar-refractivity contribution in [2.24, 2.45) is 0 Å². The van der Waals surface area contributed by atoms with Gasteiger partial charge in [-0.2, -0.15) is 0 Å². The second-order valence-corrected chi connectivity index (χ2v) is 6.51.